The molecule has 0 bridgehead atoms. The predicted octanol–water partition coefficient (Wildman–Crippen LogP) is 6.32. The van der Waals surface area contributed by atoms with Crippen LogP contribution in [0.3, 0.4) is 0 Å². The van der Waals surface area contributed by atoms with Crippen LogP contribution >= 0.6 is 0 Å². The van der Waals surface area contributed by atoms with E-state index in [0.29, 0.717) is 34.5 Å². The van der Waals surface area contributed by atoms with Gasteiger partial charge in [-0.1, -0.05) is 32.9 Å². The molecule has 7 nitrogen and oxygen atoms in total. The topological polar surface area (TPSA) is 96.0 Å². The van der Waals surface area contributed by atoms with Crippen molar-refractivity contribution in [2.24, 2.45) is 17.1 Å². The number of nitrogens with two attached hydrogens (primary N) is 1. The molecular weight excluding hydrogens is 480 g/mol. The third-order valence-electron chi connectivity index (χ3n) is 7.47. The van der Waals surface area contributed by atoms with E-state index in [1.54, 1.807) is 28.4 Å². The molecule has 0 radical (unpaired) electrons. The van der Waals surface area contributed by atoms with Gasteiger partial charge in [0.2, 0.25) is 5.88 Å². The Hall–Kier alpha value is -4.05. The highest BCUT2D eigenvalue weighted by molar-refractivity contribution is 5.65. The van der Waals surface area contributed by atoms with Crippen molar-refractivity contribution >= 4 is 6.08 Å². The molecule has 2 unspecified atom stereocenters. The summed E-state index contributed by atoms with van der Waals surface area (Å²) in [6.45, 7) is 6.76. The van der Waals surface area contributed by atoms with Gasteiger partial charge in [-0.25, -0.2) is 0 Å². The lowest BCUT2D eigenvalue weighted by atomic mass is 9.66. The summed E-state index contributed by atoms with van der Waals surface area (Å²) >= 11 is 0. The first-order valence-corrected chi connectivity index (χ1v) is 12.6. The lowest BCUT2D eigenvalue weighted by Crippen LogP contribution is -2.31. The van der Waals surface area contributed by atoms with Crippen LogP contribution in [-0.2, 0) is 4.74 Å². The molecule has 0 spiro atoms. The average Bonchev–Trinajstić information content (AvgIpc) is 2.91. The monoisotopic (exact) mass is 516 g/mol. The summed E-state index contributed by atoms with van der Waals surface area (Å²) in [5.41, 5.74) is 10.7. The van der Waals surface area contributed by atoms with Crippen LogP contribution < -0.4 is 24.7 Å². The van der Waals surface area contributed by atoms with Crippen molar-refractivity contribution in [3.8, 4) is 29.1 Å². The van der Waals surface area contributed by atoms with Gasteiger partial charge in [0.15, 0.2) is 23.0 Å². The third kappa shape index (κ3) is 5.04. The molecule has 0 aromatic heterocycles. The lowest BCUT2D eigenvalue weighted by molar-refractivity contribution is 0.200. The molecule has 4 rings (SSSR count). The highest BCUT2D eigenvalue weighted by atomic mass is 16.5. The van der Waals surface area contributed by atoms with Crippen molar-refractivity contribution in [3.05, 3.63) is 75.9 Å². The largest absolute Gasteiger partial charge is 0.493 e. The zero-order chi connectivity index (χ0) is 27.6. The van der Waals surface area contributed by atoms with Gasteiger partial charge in [-0.2, -0.15) is 5.26 Å². The molecule has 2 N–H and O–H groups in total. The van der Waals surface area contributed by atoms with Crippen LogP contribution in [0.1, 0.15) is 50.7 Å². The summed E-state index contributed by atoms with van der Waals surface area (Å²) in [6.07, 6.45) is 3.70. The van der Waals surface area contributed by atoms with Crippen molar-refractivity contribution in [1.82, 2.24) is 0 Å². The van der Waals surface area contributed by atoms with Crippen molar-refractivity contribution in [3.63, 3.8) is 0 Å². The minimum absolute atomic E-state index is 0.0247. The number of hydrogen-bond donors (Lipinski definition) is 1. The van der Waals surface area contributed by atoms with Crippen LogP contribution in [0.5, 0.6) is 23.0 Å². The second kappa shape index (κ2) is 10.7. The number of benzene rings is 2. The second-order valence-electron chi connectivity index (χ2n) is 10.6. The van der Waals surface area contributed by atoms with Gasteiger partial charge in [-0.15, -0.1) is 0 Å². The fourth-order valence-corrected chi connectivity index (χ4v) is 5.26. The number of allylic oxidation sites excluding steroid dienone is 3. The molecule has 1 aliphatic carbocycles. The van der Waals surface area contributed by atoms with E-state index in [9.17, 15) is 5.26 Å². The van der Waals surface area contributed by atoms with Crippen molar-refractivity contribution in [2.75, 3.05) is 28.4 Å². The van der Waals surface area contributed by atoms with Gasteiger partial charge >= 0.3 is 0 Å². The maximum Gasteiger partial charge on any atom is 0.205 e. The zero-order valence-electron chi connectivity index (χ0n) is 23.2. The lowest BCUT2D eigenvalue weighted by Gasteiger charge is -2.41. The second-order valence-corrected chi connectivity index (χ2v) is 10.6. The summed E-state index contributed by atoms with van der Waals surface area (Å²) in [5, 5.41) is 10.2. The molecule has 0 saturated carbocycles. The molecule has 2 aromatic carbocycles. The summed E-state index contributed by atoms with van der Waals surface area (Å²) in [7, 11) is 6.45. The maximum absolute atomic E-state index is 10.2. The van der Waals surface area contributed by atoms with Crippen LogP contribution in [0.4, 0.5) is 0 Å². The van der Waals surface area contributed by atoms with Crippen LogP contribution in [0.25, 0.3) is 6.08 Å². The molecular formula is C31H36N2O5. The van der Waals surface area contributed by atoms with Crippen LogP contribution in [0, 0.1) is 22.7 Å². The first-order chi connectivity index (χ1) is 18.1. The van der Waals surface area contributed by atoms with Crippen molar-refractivity contribution in [1.29, 1.82) is 5.26 Å². The Labute approximate surface area is 225 Å². The van der Waals surface area contributed by atoms with Gasteiger partial charge in [0, 0.05) is 5.92 Å². The highest BCUT2D eigenvalue weighted by Crippen LogP contribution is 2.52. The average molecular weight is 517 g/mol. The Morgan fingerprint density at radius 1 is 0.895 bits per heavy atom. The predicted molar refractivity (Wildman–Crippen MR) is 147 cm³/mol. The van der Waals surface area contributed by atoms with Crippen LogP contribution in [0.15, 0.2) is 64.8 Å². The van der Waals surface area contributed by atoms with E-state index in [4.69, 9.17) is 29.4 Å². The Bertz CT molecular complexity index is 1360. The first-order valence-electron chi connectivity index (χ1n) is 12.6. The normalized spacial score (nSPS) is 20.4. The van der Waals surface area contributed by atoms with Crippen molar-refractivity contribution < 1.29 is 23.7 Å². The van der Waals surface area contributed by atoms with Crippen LogP contribution in [0.2, 0.25) is 0 Å². The van der Waals surface area contributed by atoms with Crippen molar-refractivity contribution in [2.45, 2.75) is 39.5 Å². The number of methoxy groups -OCH3 is 4. The van der Waals surface area contributed by atoms with Gasteiger partial charge in [-0.05, 0) is 76.8 Å². The Morgan fingerprint density at radius 2 is 1.50 bits per heavy atom. The number of nitriles is 1. The Kier molecular flexibility index (Phi) is 7.63. The summed E-state index contributed by atoms with van der Waals surface area (Å²) in [6, 6.07) is 13.9. The highest BCUT2D eigenvalue weighted by Gasteiger charge is 2.41. The SMILES string of the molecule is COc1ccc(/C=C2\CC(C(C)(C)C)CC3=C2OC(N)=C(C#N)C3c2ccc(OC)c(OC)c2)cc1OC. The van der Waals surface area contributed by atoms with E-state index < -0.39 is 0 Å². The van der Waals surface area contributed by atoms with Crippen LogP contribution in [-0.4, -0.2) is 28.4 Å². The first kappa shape index (κ1) is 27.0. The molecule has 38 heavy (non-hydrogen) atoms. The Morgan fingerprint density at radius 3 is 2.08 bits per heavy atom. The fourth-order valence-electron chi connectivity index (χ4n) is 5.26. The minimum Gasteiger partial charge on any atom is -0.493 e. The van der Waals surface area contributed by atoms with E-state index in [0.717, 1.165) is 40.9 Å². The number of nitrogens with zero attached hydrogens (tertiary/aromatic N) is 1. The molecule has 0 fully saturated rings. The molecule has 7 heteroatoms. The van der Waals surface area contributed by atoms with Gasteiger partial charge in [0.1, 0.15) is 17.4 Å². The standard InChI is InChI=1S/C31H36N2O5/c1-31(2,3)21-14-20(12-18-8-10-24(34-4)26(13-18)36-6)29-22(16-21)28(23(17-32)30(33)38-29)19-9-11-25(35-5)27(15-19)37-7/h8-13,15,21,28H,14,16,33H2,1-7H3/b20-12+. The third-order valence-corrected chi connectivity index (χ3v) is 7.47. The summed E-state index contributed by atoms with van der Waals surface area (Å²) < 4.78 is 28.2. The molecule has 1 heterocycles. The molecule has 1 aliphatic heterocycles. The van der Waals surface area contributed by atoms with Gasteiger partial charge in [-0.3, -0.25) is 0 Å². The molecule has 2 aliphatic rings. The van der Waals surface area contributed by atoms with E-state index in [-0.39, 0.29) is 17.2 Å². The molecule has 2 aromatic rings. The molecule has 200 valence electrons. The number of hydrogen-bond acceptors (Lipinski definition) is 7. The smallest absolute Gasteiger partial charge is 0.205 e. The molecule has 0 amide bonds. The van der Waals surface area contributed by atoms with Gasteiger partial charge in [0.05, 0.1) is 28.4 Å². The Balaban J connectivity index is 1.92. The number of ether oxygens (including phenoxy) is 5. The van der Waals surface area contributed by atoms with E-state index >= 15 is 0 Å². The molecule has 2 atom stereocenters. The van der Waals surface area contributed by atoms with E-state index in [1.807, 2.05) is 36.4 Å². The van der Waals surface area contributed by atoms with Gasteiger partial charge < -0.3 is 29.4 Å². The quantitative estimate of drug-likeness (QED) is 0.480. The maximum atomic E-state index is 10.2. The zero-order valence-corrected chi connectivity index (χ0v) is 23.2. The molecule has 0 saturated heterocycles. The summed E-state index contributed by atoms with van der Waals surface area (Å²) in [5.74, 6) is 3.35. The van der Waals surface area contributed by atoms with E-state index in [2.05, 4.69) is 32.9 Å². The fraction of sp³-hybridized carbons (Fsp3) is 0.387. The summed E-state index contributed by atoms with van der Waals surface area (Å²) in [4.78, 5) is 0. The minimum atomic E-state index is -0.359. The number of rotatable bonds is 6. The van der Waals surface area contributed by atoms with E-state index in [1.165, 1.54) is 0 Å². The van der Waals surface area contributed by atoms with Gasteiger partial charge in [0.25, 0.3) is 0 Å².